The van der Waals surface area contributed by atoms with Gasteiger partial charge in [-0.25, -0.2) is 9.18 Å². The molecule has 0 aliphatic carbocycles. The van der Waals surface area contributed by atoms with Gasteiger partial charge in [0.15, 0.2) is 5.82 Å². The standard InChI is InChI=1S/C20H25ClFN3O3/c1-4-23-8-12-6-7-25(9-12)18-15(21)17-14(11(3)16(18)22)19(26)13(20(27)28)10-24(17)5-2/h10,12,23H,4-9H2,1-3H3,(H,27,28). The predicted octanol–water partition coefficient (Wildman–Crippen LogP) is 3.26. The number of pyridine rings is 1. The van der Waals surface area contributed by atoms with Gasteiger partial charge in [-0.1, -0.05) is 18.5 Å². The molecule has 2 heterocycles. The first kappa shape index (κ1) is 20.6. The number of hydrogen-bond donors (Lipinski definition) is 2. The van der Waals surface area contributed by atoms with Gasteiger partial charge in [0.1, 0.15) is 5.56 Å². The highest BCUT2D eigenvalue weighted by Gasteiger charge is 2.30. The number of nitrogens with zero attached hydrogens (tertiary/aromatic N) is 2. The number of carboxylic acid groups (broad SMARTS) is 1. The number of aromatic carboxylic acids is 1. The van der Waals surface area contributed by atoms with Crippen molar-refractivity contribution in [2.75, 3.05) is 31.1 Å². The van der Waals surface area contributed by atoms with Gasteiger partial charge >= 0.3 is 5.97 Å². The normalized spacial score (nSPS) is 16.9. The van der Waals surface area contributed by atoms with Gasteiger partial charge < -0.3 is 19.9 Å². The minimum absolute atomic E-state index is 0.0383. The van der Waals surface area contributed by atoms with Crippen LogP contribution in [-0.4, -0.2) is 41.8 Å². The summed E-state index contributed by atoms with van der Waals surface area (Å²) >= 11 is 6.63. The third-order valence-electron chi connectivity index (χ3n) is 5.46. The van der Waals surface area contributed by atoms with E-state index in [4.69, 9.17) is 11.6 Å². The SMILES string of the molecule is CCNCC1CCN(c2c(F)c(C)c3c(=O)c(C(=O)O)cn(CC)c3c2Cl)C1. The highest BCUT2D eigenvalue weighted by atomic mass is 35.5. The number of carboxylic acids is 1. The maximum absolute atomic E-state index is 15.3. The van der Waals surface area contributed by atoms with Gasteiger partial charge in [0.2, 0.25) is 5.43 Å². The van der Waals surface area contributed by atoms with Crippen LogP contribution in [0, 0.1) is 18.7 Å². The lowest BCUT2D eigenvalue weighted by molar-refractivity contribution is 0.0695. The van der Waals surface area contributed by atoms with Crippen molar-refractivity contribution in [2.24, 2.45) is 5.92 Å². The molecule has 2 aromatic rings. The number of nitrogens with one attached hydrogen (secondary N) is 1. The predicted molar refractivity (Wildman–Crippen MR) is 109 cm³/mol. The summed E-state index contributed by atoms with van der Waals surface area (Å²) in [4.78, 5) is 26.1. The summed E-state index contributed by atoms with van der Waals surface area (Å²) in [5, 5.41) is 12.9. The maximum Gasteiger partial charge on any atom is 0.341 e. The summed E-state index contributed by atoms with van der Waals surface area (Å²) in [5.41, 5.74) is -0.255. The van der Waals surface area contributed by atoms with E-state index in [1.807, 2.05) is 18.7 Å². The van der Waals surface area contributed by atoms with Crippen LogP contribution >= 0.6 is 11.6 Å². The van der Waals surface area contributed by atoms with Gasteiger partial charge in [0, 0.05) is 31.4 Å². The zero-order valence-corrected chi connectivity index (χ0v) is 17.1. The first-order valence-corrected chi connectivity index (χ1v) is 9.93. The van der Waals surface area contributed by atoms with Crippen molar-refractivity contribution < 1.29 is 14.3 Å². The van der Waals surface area contributed by atoms with Gasteiger partial charge in [-0.3, -0.25) is 4.79 Å². The molecule has 8 heteroatoms. The molecule has 2 N–H and O–H groups in total. The average Bonchev–Trinajstić information content (AvgIpc) is 3.12. The lowest BCUT2D eigenvalue weighted by atomic mass is 10.0. The van der Waals surface area contributed by atoms with Crippen LogP contribution in [0.2, 0.25) is 5.02 Å². The maximum atomic E-state index is 15.3. The molecule has 1 saturated heterocycles. The number of aryl methyl sites for hydroxylation is 2. The minimum Gasteiger partial charge on any atom is -0.477 e. The van der Waals surface area contributed by atoms with E-state index in [0.29, 0.717) is 36.8 Å². The largest absolute Gasteiger partial charge is 0.477 e. The first-order chi connectivity index (χ1) is 13.3. The smallest absolute Gasteiger partial charge is 0.341 e. The van der Waals surface area contributed by atoms with Crippen molar-refractivity contribution in [2.45, 2.75) is 33.7 Å². The van der Waals surface area contributed by atoms with Gasteiger partial charge in [-0.2, -0.15) is 0 Å². The highest BCUT2D eigenvalue weighted by molar-refractivity contribution is 6.38. The number of fused-ring (bicyclic) bond motifs is 1. The molecule has 0 radical (unpaired) electrons. The number of halogens is 2. The van der Waals surface area contributed by atoms with E-state index in [1.165, 1.54) is 13.1 Å². The molecule has 0 amide bonds. The van der Waals surface area contributed by atoms with Crippen LogP contribution < -0.4 is 15.6 Å². The van der Waals surface area contributed by atoms with Crippen molar-refractivity contribution in [3.8, 4) is 0 Å². The van der Waals surface area contributed by atoms with Crippen molar-refractivity contribution in [3.05, 3.63) is 38.4 Å². The van der Waals surface area contributed by atoms with Crippen LogP contribution in [0.1, 0.15) is 36.2 Å². The van der Waals surface area contributed by atoms with E-state index in [0.717, 1.165) is 19.5 Å². The number of hydrogen-bond acceptors (Lipinski definition) is 4. The van der Waals surface area contributed by atoms with Crippen LogP contribution in [-0.2, 0) is 6.54 Å². The van der Waals surface area contributed by atoms with E-state index in [2.05, 4.69) is 5.32 Å². The molecular weight excluding hydrogens is 385 g/mol. The zero-order valence-electron chi connectivity index (χ0n) is 16.3. The monoisotopic (exact) mass is 409 g/mol. The summed E-state index contributed by atoms with van der Waals surface area (Å²) in [6, 6.07) is 0. The fourth-order valence-corrected chi connectivity index (χ4v) is 4.38. The molecule has 1 aromatic carbocycles. The fraction of sp³-hybridized carbons (Fsp3) is 0.500. The fourth-order valence-electron chi connectivity index (χ4n) is 3.97. The zero-order chi connectivity index (χ0) is 20.6. The number of rotatable bonds is 6. The van der Waals surface area contributed by atoms with Crippen LogP contribution in [0.25, 0.3) is 10.9 Å². The molecule has 1 fully saturated rings. The Morgan fingerprint density at radius 2 is 2.14 bits per heavy atom. The van der Waals surface area contributed by atoms with Gasteiger partial charge in [0.05, 0.1) is 21.6 Å². The summed E-state index contributed by atoms with van der Waals surface area (Å²) in [7, 11) is 0. The van der Waals surface area contributed by atoms with Crippen LogP contribution in [0.4, 0.5) is 10.1 Å². The summed E-state index contributed by atoms with van der Waals surface area (Å²) in [5.74, 6) is -1.49. The van der Waals surface area contributed by atoms with Gasteiger partial charge in [-0.05, 0) is 39.3 Å². The molecular formula is C20H25ClFN3O3. The molecule has 1 unspecified atom stereocenters. The van der Waals surface area contributed by atoms with Gasteiger partial charge in [-0.15, -0.1) is 0 Å². The minimum atomic E-state index is -1.33. The van der Waals surface area contributed by atoms with Gasteiger partial charge in [0.25, 0.3) is 0 Å². The Balaban J connectivity index is 2.21. The Morgan fingerprint density at radius 3 is 2.75 bits per heavy atom. The Labute approximate surface area is 167 Å². The number of anilines is 1. The van der Waals surface area contributed by atoms with E-state index < -0.39 is 17.2 Å². The average molecular weight is 410 g/mol. The topological polar surface area (TPSA) is 74.6 Å². The molecule has 6 nitrogen and oxygen atoms in total. The Kier molecular flexibility index (Phi) is 5.95. The second kappa shape index (κ2) is 8.09. The molecule has 1 aliphatic heterocycles. The molecule has 1 aliphatic rings. The second-order valence-corrected chi connectivity index (χ2v) is 7.57. The van der Waals surface area contributed by atoms with Crippen LogP contribution in [0.15, 0.2) is 11.0 Å². The number of aromatic nitrogens is 1. The molecule has 0 bridgehead atoms. The van der Waals surface area contributed by atoms with E-state index in [9.17, 15) is 14.7 Å². The van der Waals surface area contributed by atoms with Crippen molar-refractivity contribution in [3.63, 3.8) is 0 Å². The Hall–Kier alpha value is -2.12. The second-order valence-electron chi connectivity index (χ2n) is 7.20. The molecule has 0 saturated carbocycles. The van der Waals surface area contributed by atoms with E-state index in [-0.39, 0.29) is 21.5 Å². The summed E-state index contributed by atoms with van der Waals surface area (Å²) < 4.78 is 17.0. The van der Waals surface area contributed by atoms with Crippen LogP contribution in [0.3, 0.4) is 0 Å². The lowest BCUT2D eigenvalue weighted by Crippen LogP contribution is -2.27. The quantitative estimate of drug-likeness (QED) is 0.766. The Morgan fingerprint density at radius 1 is 1.43 bits per heavy atom. The lowest BCUT2D eigenvalue weighted by Gasteiger charge is -2.24. The molecule has 28 heavy (non-hydrogen) atoms. The van der Waals surface area contributed by atoms with Crippen molar-refractivity contribution in [1.29, 1.82) is 0 Å². The number of benzene rings is 1. The summed E-state index contributed by atoms with van der Waals surface area (Å²) in [6.45, 7) is 8.90. The Bertz CT molecular complexity index is 989. The van der Waals surface area contributed by atoms with Crippen LogP contribution in [0.5, 0.6) is 0 Å². The van der Waals surface area contributed by atoms with E-state index >= 15 is 4.39 Å². The molecule has 152 valence electrons. The molecule has 0 spiro atoms. The highest BCUT2D eigenvalue weighted by Crippen LogP contribution is 2.40. The third-order valence-corrected chi connectivity index (χ3v) is 5.82. The molecule has 3 rings (SSSR count). The first-order valence-electron chi connectivity index (χ1n) is 9.55. The van der Waals surface area contributed by atoms with E-state index in [1.54, 1.807) is 4.57 Å². The third kappa shape index (κ3) is 3.37. The molecule has 1 aromatic heterocycles. The number of carbonyl (C=O) groups is 1. The molecule has 1 atom stereocenters. The van der Waals surface area contributed by atoms with Crippen molar-refractivity contribution in [1.82, 2.24) is 9.88 Å². The summed E-state index contributed by atoms with van der Waals surface area (Å²) in [6.07, 6.45) is 2.22. The van der Waals surface area contributed by atoms with Crippen molar-refractivity contribution >= 4 is 34.2 Å².